The van der Waals surface area contributed by atoms with Gasteiger partial charge in [0.2, 0.25) is 0 Å². The van der Waals surface area contributed by atoms with E-state index in [0.717, 1.165) is 40.4 Å². The summed E-state index contributed by atoms with van der Waals surface area (Å²) in [6.45, 7) is 0. The van der Waals surface area contributed by atoms with Crippen LogP contribution in [0.5, 0.6) is 0 Å². The van der Waals surface area contributed by atoms with Crippen LogP contribution >= 0.6 is 45.3 Å². The fourth-order valence-corrected chi connectivity index (χ4v) is 10.1. The van der Waals surface area contributed by atoms with Crippen molar-refractivity contribution in [3.63, 3.8) is 0 Å². The third-order valence-corrected chi connectivity index (χ3v) is 13.0. The van der Waals surface area contributed by atoms with E-state index < -0.39 is 0 Å². The van der Waals surface area contributed by atoms with Gasteiger partial charge in [-0.2, -0.15) is 10.2 Å². The molecule has 2 aromatic carbocycles. The lowest BCUT2D eigenvalue weighted by Crippen LogP contribution is -2.29. The van der Waals surface area contributed by atoms with Crippen molar-refractivity contribution in [2.45, 2.75) is 23.7 Å². The Morgan fingerprint density at radius 2 is 1.18 bits per heavy atom. The monoisotopic (exact) mass is 722 g/mol. The molecule has 0 aliphatic heterocycles. The quantitative estimate of drug-likeness (QED) is 0.179. The number of nitrogens with one attached hydrogen (secondary N) is 2. The summed E-state index contributed by atoms with van der Waals surface area (Å²) in [6.07, 6.45) is 12.8. The van der Waals surface area contributed by atoms with Gasteiger partial charge >= 0.3 is 0 Å². The van der Waals surface area contributed by atoms with E-state index in [1.807, 2.05) is 33.9 Å². The van der Waals surface area contributed by atoms with Crippen molar-refractivity contribution in [1.82, 2.24) is 30.4 Å². The number of rotatable bonds is 6. The Kier molecular flexibility index (Phi) is 8.09. The van der Waals surface area contributed by atoms with Crippen LogP contribution in [-0.4, -0.2) is 30.4 Å². The van der Waals surface area contributed by atoms with Crippen LogP contribution in [0.4, 0.5) is 0 Å². The molecular weight excluding hydrogens is 693 g/mol. The lowest BCUT2D eigenvalue weighted by molar-refractivity contribution is 0.633. The Hall–Kier alpha value is -5.00. The number of fused-ring (bicyclic) bond motifs is 2. The Balaban J connectivity index is 0.000000135. The molecule has 2 unspecified atom stereocenters. The number of nitrogens with zero attached hydrogens (tertiary/aromatic N) is 4. The summed E-state index contributed by atoms with van der Waals surface area (Å²) in [4.78, 5) is 12.4. The number of aromatic amines is 2. The number of hydrogen-bond acceptors (Lipinski definition) is 8. The van der Waals surface area contributed by atoms with Gasteiger partial charge in [0, 0.05) is 56.7 Å². The molecule has 6 aromatic heterocycles. The summed E-state index contributed by atoms with van der Waals surface area (Å²) >= 11 is 6.83. The van der Waals surface area contributed by atoms with Gasteiger partial charge in [0.15, 0.2) is 0 Å². The molecule has 0 radical (unpaired) electrons. The second-order valence-corrected chi connectivity index (χ2v) is 15.8. The standard InChI is InChI=1S/2C20H15N3S2/c1-2-5-14(6-3-1)20(18-7-4-10-25-18)9-8-15-16(11-20)22-23-19(15)17-12-24-13-21-17;1-2-5-14(6-3-1)20(18-7-4-10-24-18)9-8-15-16(11-20)22-23-19(15)17-12-21-13-25-17/h2*1-10,12-13H,11H2,(H,22,23). The molecule has 2 aliphatic carbocycles. The van der Waals surface area contributed by atoms with E-state index >= 15 is 0 Å². The van der Waals surface area contributed by atoms with Crippen LogP contribution in [0.2, 0.25) is 0 Å². The lowest BCUT2D eigenvalue weighted by Gasteiger charge is -2.33. The van der Waals surface area contributed by atoms with E-state index in [2.05, 4.69) is 150 Å². The number of aromatic nitrogens is 6. The van der Waals surface area contributed by atoms with Crippen LogP contribution in [0, 0.1) is 0 Å². The molecule has 2 aliphatic rings. The minimum Gasteiger partial charge on any atom is -0.281 e. The summed E-state index contributed by atoms with van der Waals surface area (Å²) in [7, 11) is 0. The Morgan fingerprint density at radius 3 is 1.68 bits per heavy atom. The first-order valence-electron chi connectivity index (χ1n) is 16.2. The van der Waals surface area contributed by atoms with Gasteiger partial charge in [0.25, 0.3) is 0 Å². The van der Waals surface area contributed by atoms with E-state index in [1.54, 1.807) is 34.0 Å². The van der Waals surface area contributed by atoms with Crippen molar-refractivity contribution >= 4 is 57.5 Å². The van der Waals surface area contributed by atoms with E-state index in [1.165, 1.54) is 37.8 Å². The summed E-state index contributed by atoms with van der Waals surface area (Å²) in [6, 6.07) is 30.2. The van der Waals surface area contributed by atoms with Gasteiger partial charge in [-0.25, -0.2) is 4.98 Å². The van der Waals surface area contributed by atoms with Crippen molar-refractivity contribution in [3.05, 3.63) is 174 Å². The predicted octanol–water partition coefficient (Wildman–Crippen LogP) is 10.3. The smallest absolute Gasteiger partial charge is 0.119 e. The van der Waals surface area contributed by atoms with Crippen molar-refractivity contribution < 1.29 is 0 Å². The molecule has 2 atom stereocenters. The first-order valence-corrected chi connectivity index (χ1v) is 19.8. The van der Waals surface area contributed by atoms with Gasteiger partial charge in [0.1, 0.15) is 17.1 Å². The first kappa shape index (κ1) is 31.0. The number of hydrogen-bond donors (Lipinski definition) is 2. The molecule has 6 nitrogen and oxygen atoms in total. The van der Waals surface area contributed by atoms with Gasteiger partial charge in [-0.3, -0.25) is 15.2 Å². The third kappa shape index (κ3) is 5.36. The molecule has 6 heterocycles. The van der Waals surface area contributed by atoms with E-state index in [9.17, 15) is 0 Å². The maximum atomic E-state index is 4.58. The van der Waals surface area contributed by atoms with Gasteiger partial charge in [-0.1, -0.05) is 97.1 Å². The SMILES string of the molecule is C1=CC(c2ccccc2)(c2cccs2)Cc2[nH]nc(-c3cncs3)c21.C1=CC(c2ccccc2)(c2cccs2)Cc2[nH]nc(-c3cscn3)c21. The zero-order valence-electron chi connectivity index (χ0n) is 26.7. The number of thiophene rings is 2. The number of benzene rings is 2. The van der Waals surface area contributed by atoms with Crippen molar-refractivity contribution in [2.24, 2.45) is 0 Å². The van der Waals surface area contributed by atoms with Crippen LogP contribution < -0.4 is 0 Å². The minimum absolute atomic E-state index is 0.139. The Bertz CT molecular complexity index is 2200. The second-order valence-electron chi connectivity index (χ2n) is 12.3. The van der Waals surface area contributed by atoms with Crippen molar-refractivity contribution in [3.8, 4) is 22.0 Å². The molecule has 0 saturated carbocycles. The Labute approximate surface area is 305 Å². The molecule has 10 heteroatoms. The molecule has 0 spiro atoms. The molecule has 0 amide bonds. The zero-order chi connectivity index (χ0) is 33.4. The molecule has 0 fully saturated rings. The third-order valence-electron chi connectivity index (χ3n) is 9.59. The molecule has 244 valence electrons. The largest absolute Gasteiger partial charge is 0.281 e. The predicted molar refractivity (Wildman–Crippen MR) is 208 cm³/mol. The van der Waals surface area contributed by atoms with Gasteiger partial charge < -0.3 is 0 Å². The average Bonchev–Trinajstić information content (AvgIpc) is 4.02. The molecule has 0 saturated heterocycles. The van der Waals surface area contributed by atoms with Crippen molar-refractivity contribution in [2.75, 3.05) is 0 Å². The van der Waals surface area contributed by atoms with Crippen LogP contribution in [0.3, 0.4) is 0 Å². The Morgan fingerprint density at radius 1 is 0.600 bits per heavy atom. The number of allylic oxidation sites excluding steroid dienone is 2. The summed E-state index contributed by atoms with van der Waals surface area (Å²) in [5.74, 6) is 0. The molecule has 8 aromatic rings. The van der Waals surface area contributed by atoms with E-state index in [-0.39, 0.29) is 10.8 Å². The number of thiazole rings is 2. The van der Waals surface area contributed by atoms with Gasteiger partial charge in [-0.15, -0.1) is 45.3 Å². The van der Waals surface area contributed by atoms with Crippen LogP contribution in [0.15, 0.2) is 130 Å². The first-order chi connectivity index (χ1) is 24.7. The van der Waals surface area contributed by atoms with Crippen LogP contribution in [0.1, 0.15) is 43.4 Å². The van der Waals surface area contributed by atoms with Crippen LogP contribution in [0.25, 0.3) is 34.1 Å². The molecule has 0 bridgehead atoms. The van der Waals surface area contributed by atoms with Crippen molar-refractivity contribution in [1.29, 1.82) is 0 Å². The number of H-pyrrole nitrogens is 2. The highest BCUT2D eigenvalue weighted by Crippen LogP contribution is 2.46. The zero-order valence-corrected chi connectivity index (χ0v) is 30.0. The highest BCUT2D eigenvalue weighted by Gasteiger charge is 2.38. The highest BCUT2D eigenvalue weighted by atomic mass is 32.1. The van der Waals surface area contributed by atoms with E-state index in [4.69, 9.17) is 0 Å². The summed E-state index contributed by atoms with van der Waals surface area (Å²) in [5, 5.41) is 22.0. The minimum atomic E-state index is -0.145. The summed E-state index contributed by atoms with van der Waals surface area (Å²) in [5.41, 5.74) is 13.6. The topological polar surface area (TPSA) is 83.1 Å². The molecule has 2 N–H and O–H groups in total. The maximum Gasteiger partial charge on any atom is 0.119 e. The fraction of sp³-hybridized carbons (Fsp3) is 0.100. The molecule has 10 rings (SSSR count). The van der Waals surface area contributed by atoms with Gasteiger partial charge in [-0.05, 0) is 34.0 Å². The fourth-order valence-electron chi connectivity index (χ4n) is 7.13. The average molecular weight is 723 g/mol. The molecule has 50 heavy (non-hydrogen) atoms. The highest BCUT2D eigenvalue weighted by molar-refractivity contribution is 7.13. The maximum absolute atomic E-state index is 4.58. The lowest BCUT2D eigenvalue weighted by atomic mass is 9.72. The summed E-state index contributed by atoms with van der Waals surface area (Å²) < 4.78 is 0. The van der Waals surface area contributed by atoms with Crippen LogP contribution in [-0.2, 0) is 23.7 Å². The van der Waals surface area contributed by atoms with Gasteiger partial charge in [0.05, 0.1) is 26.7 Å². The second kappa shape index (κ2) is 13.0. The molecular formula is C40H30N6S4. The normalized spacial score (nSPS) is 19.0. The van der Waals surface area contributed by atoms with E-state index in [0.29, 0.717) is 0 Å².